The van der Waals surface area contributed by atoms with E-state index < -0.39 is 17.6 Å². The van der Waals surface area contributed by atoms with Crippen molar-refractivity contribution < 1.29 is 24.5 Å². The van der Waals surface area contributed by atoms with Gasteiger partial charge in [0.25, 0.3) is 0 Å². The number of carboxylic acids is 1. The standard InChI is InChI=1S/C17H14BrNO5/c1-24-15-6-3-11(18)8-10(15)2-7-16(21)19-12-4-5-13(17(22)23)14(20)9-12/h2-9,20H,1H3,(H,19,21)(H,22,23)/b7-2+. The van der Waals surface area contributed by atoms with Gasteiger partial charge in [0.15, 0.2) is 0 Å². The lowest BCUT2D eigenvalue weighted by Gasteiger charge is -2.06. The number of carbonyl (C=O) groups excluding carboxylic acids is 1. The number of nitrogens with one attached hydrogen (secondary N) is 1. The molecule has 0 aromatic heterocycles. The number of amides is 1. The Morgan fingerprint density at radius 1 is 1.21 bits per heavy atom. The van der Waals surface area contributed by atoms with Gasteiger partial charge in [0.05, 0.1) is 7.11 Å². The van der Waals surface area contributed by atoms with E-state index in [0.717, 1.165) is 4.47 Å². The monoisotopic (exact) mass is 391 g/mol. The summed E-state index contributed by atoms with van der Waals surface area (Å²) in [5.41, 5.74) is 0.766. The van der Waals surface area contributed by atoms with Crippen molar-refractivity contribution in [1.29, 1.82) is 0 Å². The van der Waals surface area contributed by atoms with Crippen LogP contribution in [0, 0.1) is 0 Å². The maximum absolute atomic E-state index is 12.0. The van der Waals surface area contributed by atoms with E-state index in [-0.39, 0.29) is 11.3 Å². The summed E-state index contributed by atoms with van der Waals surface area (Å²) in [6, 6.07) is 9.18. The molecule has 0 aliphatic carbocycles. The molecule has 1 amide bonds. The zero-order valence-electron chi connectivity index (χ0n) is 12.6. The lowest BCUT2D eigenvalue weighted by molar-refractivity contribution is -0.111. The molecule has 0 atom stereocenters. The molecule has 0 unspecified atom stereocenters. The average Bonchev–Trinajstić information content (AvgIpc) is 2.52. The van der Waals surface area contributed by atoms with Gasteiger partial charge in [0.1, 0.15) is 17.1 Å². The smallest absolute Gasteiger partial charge is 0.339 e. The summed E-state index contributed by atoms with van der Waals surface area (Å²) in [4.78, 5) is 22.8. The van der Waals surface area contributed by atoms with Gasteiger partial charge in [0.2, 0.25) is 5.91 Å². The second-order valence-electron chi connectivity index (χ2n) is 4.75. The maximum atomic E-state index is 12.0. The summed E-state index contributed by atoms with van der Waals surface area (Å²) in [5, 5.41) is 21.0. The third-order valence-electron chi connectivity index (χ3n) is 3.10. The van der Waals surface area contributed by atoms with Crippen molar-refractivity contribution in [3.05, 3.63) is 58.1 Å². The fourth-order valence-electron chi connectivity index (χ4n) is 1.98. The molecule has 0 saturated carbocycles. The quantitative estimate of drug-likeness (QED) is 0.677. The molecule has 0 aliphatic rings. The summed E-state index contributed by atoms with van der Waals surface area (Å²) >= 11 is 3.35. The van der Waals surface area contributed by atoms with Crippen LogP contribution in [0.3, 0.4) is 0 Å². The van der Waals surface area contributed by atoms with Gasteiger partial charge in [-0.25, -0.2) is 4.79 Å². The number of hydrogen-bond donors (Lipinski definition) is 3. The molecule has 0 radical (unpaired) electrons. The predicted molar refractivity (Wildman–Crippen MR) is 93.4 cm³/mol. The first-order chi connectivity index (χ1) is 11.4. The number of aromatic carboxylic acids is 1. The van der Waals surface area contributed by atoms with Crippen molar-refractivity contribution in [2.24, 2.45) is 0 Å². The largest absolute Gasteiger partial charge is 0.507 e. The fraction of sp³-hybridized carbons (Fsp3) is 0.0588. The second-order valence-corrected chi connectivity index (χ2v) is 5.66. The average molecular weight is 392 g/mol. The van der Waals surface area contributed by atoms with E-state index in [4.69, 9.17) is 9.84 Å². The molecular weight excluding hydrogens is 378 g/mol. The second kappa shape index (κ2) is 7.65. The van der Waals surface area contributed by atoms with E-state index in [1.54, 1.807) is 18.2 Å². The molecule has 6 nitrogen and oxygen atoms in total. The summed E-state index contributed by atoms with van der Waals surface area (Å²) < 4.78 is 6.05. The molecule has 2 rings (SSSR count). The first-order valence-corrected chi connectivity index (χ1v) is 7.59. The van der Waals surface area contributed by atoms with Crippen LogP contribution in [-0.4, -0.2) is 29.2 Å². The number of methoxy groups -OCH3 is 1. The van der Waals surface area contributed by atoms with Gasteiger partial charge >= 0.3 is 5.97 Å². The highest BCUT2D eigenvalue weighted by Crippen LogP contribution is 2.24. The van der Waals surface area contributed by atoms with Gasteiger partial charge in [-0.2, -0.15) is 0 Å². The lowest BCUT2D eigenvalue weighted by Crippen LogP contribution is -2.08. The number of carboxylic acid groups (broad SMARTS) is 1. The number of anilines is 1. The topological polar surface area (TPSA) is 95.9 Å². The first kappa shape index (κ1) is 17.6. The molecule has 2 aromatic carbocycles. The summed E-state index contributed by atoms with van der Waals surface area (Å²) in [6.45, 7) is 0. The fourth-order valence-corrected chi connectivity index (χ4v) is 2.35. The third kappa shape index (κ3) is 4.36. The van der Waals surface area contributed by atoms with Gasteiger partial charge in [0, 0.05) is 27.9 Å². The summed E-state index contributed by atoms with van der Waals surface area (Å²) in [5.74, 6) is -1.48. The number of aromatic hydroxyl groups is 1. The van der Waals surface area contributed by atoms with Crippen molar-refractivity contribution in [3.8, 4) is 11.5 Å². The molecule has 0 aliphatic heterocycles. The number of benzene rings is 2. The van der Waals surface area contributed by atoms with E-state index in [0.29, 0.717) is 11.3 Å². The highest BCUT2D eigenvalue weighted by Gasteiger charge is 2.10. The third-order valence-corrected chi connectivity index (χ3v) is 3.59. The van der Waals surface area contributed by atoms with Crippen LogP contribution in [0.25, 0.3) is 6.08 Å². The van der Waals surface area contributed by atoms with Gasteiger partial charge in [-0.3, -0.25) is 4.79 Å². The highest BCUT2D eigenvalue weighted by atomic mass is 79.9. The van der Waals surface area contributed by atoms with Crippen LogP contribution in [0.1, 0.15) is 15.9 Å². The zero-order valence-corrected chi connectivity index (χ0v) is 14.2. The molecule has 0 spiro atoms. The van der Waals surface area contributed by atoms with E-state index in [1.165, 1.54) is 31.4 Å². The Morgan fingerprint density at radius 2 is 1.96 bits per heavy atom. The van der Waals surface area contributed by atoms with Crippen LogP contribution >= 0.6 is 15.9 Å². The van der Waals surface area contributed by atoms with Gasteiger partial charge in [-0.15, -0.1) is 0 Å². The van der Waals surface area contributed by atoms with Crippen LogP contribution < -0.4 is 10.1 Å². The summed E-state index contributed by atoms with van der Waals surface area (Å²) in [7, 11) is 1.54. The van der Waals surface area contributed by atoms with Crippen molar-refractivity contribution in [1.82, 2.24) is 0 Å². The van der Waals surface area contributed by atoms with Crippen molar-refractivity contribution in [2.45, 2.75) is 0 Å². The van der Waals surface area contributed by atoms with Gasteiger partial charge in [-0.05, 0) is 36.4 Å². The molecule has 124 valence electrons. The van der Waals surface area contributed by atoms with Crippen LogP contribution in [0.15, 0.2) is 46.9 Å². The number of carbonyl (C=O) groups is 2. The Kier molecular flexibility index (Phi) is 5.59. The van der Waals surface area contributed by atoms with Crippen molar-refractivity contribution >= 4 is 39.6 Å². The molecule has 7 heteroatoms. The minimum absolute atomic E-state index is 0.234. The van der Waals surface area contributed by atoms with Gasteiger partial charge < -0.3 is 20.3 Å². The van der Waals surface area contributed by atoms with E-state index >= 15 is 0 Å². The highest BCUT2D eigenvalue weighted by molar-refractivity contribution is 9.10. The van der Waals surface area contributed by atoms with Crippen LogP contribution in [0.4, 0.5) is 5.69 Å². The number of ether oxygens (including phenoxy) is 1. The lowest BCUT2D eigenvalue weighted by atomic mass is 10.1. The number of rotatable bonds is 5. The minimum atomic E-state index is -1.24. The number of hydrogen-bond acceptors (Lipinski definition) is 4. The molecule has 0 heterocycles. The first-order valence-electron chi connectivity index (χ1n) is 6.79. The SMILES string of the molecule is COc1ccc(Br)cc1/C=C/C(=O)Nc1ccc(C(=O)O)c(O)c1. The Hall–Kier alpha value is -2.80. The molecule has 0 bridgehead atoms. The van der Waals surface area contributed by atoms with Gasteiger partial charge in [-0.1, -0.05) is 15.9 Å². The Labute approximate surface area is 146 Å². The van der Waals surface area contributed by atoms with Crippen molar-refractivity contribution in [2.75, 3.05) is 12.4 Å². The number of halogens is 1. The zero-order chi connectivity index (χ0) is 17.7. The molecule has 0 saturated heterocycles. The minimum Gasteiger partial charge on any atom is -0.507 e. The molecule has 0 fully saturated rings. The van der Waals surface area contributed by atoms with E-state index in [2.05, 4.69) is 21.2 Å². The van der Waals surface area contributed by atoms with Crippen LogP contribution in [0.5, 0.6) is 11.5 Å². The van der Waals surface area contributed by atoms with E-state index in [9.17, 15) is 14.7 Å². The molecule has 24 heavy (non-hydrogen) atoms. The summed E-state index contributed by atoms with van der Waals surface area (Å²) in [6.07, 6.45) is 2.90. The maximum Gasteiger partial charge on any atom is 0.339 e. The molecular formula is C17H14BrNO5. The van der Waals surface area contributed by atoms with Crippen LogP contribution in [-0.2, 0) is 4.79 Å². The Morgan fingerprint density at radius 3 is 2.58 bits per heavy atom. The molecule has 2 aromatic rings. The Balaban J connectivity index is 2.12. The van der Waals surface area contributed by atoms with Crippen molar-refractivity contribution in [3.63, 3.8) is 0 Å². The van der Waals surface area contributed by atoms with Crippen LogP contribution in [0.2, 0.25) is 0 Å². The molecule has 3 N–H and O–H groups in total. The number of phenols is 1. The Bertz CT molecular complexity index is 817. The van der Waals surface area contributed by atoms with E-state index in [1.807, 2.05) is 6.07 Å². The normalized spacial score (nSPS) is 10.6. The predicted octanol–water partition coefficient (Wildman–Crippen LogP) is 3.51.